The van der Waals surface area contributed by atoms with Crippen LogP contribution in [0.1, 0.15) is 48.5 Å². The lowest BCUT2D eigenvalue weighted by atomic mass is 9.71. The van der Waals surface area contributed by atoms with Crippen LogP contribution in [-0.2, 0) is 4.79 Å². The maximum absolute atomic E-state index is 13.5. The van der Waals surface area contributed by atoms with Crippen LogP contribution in [0.15, 0.2) is 109 Å². The number of rotatable bonds is 3. The lowest BCUT2D eigenvalue weighted by Gasteiger charge is -2.31. The fourth-order valence-electron chi connectivity index (χ4n) is 4.37. The number of nitrogens with zero attached hydrogens (tertiary/aromatic N) is 2. The van der Waals surface area contributed by atoms with Gasteiger partial charge in [-0.1, -0.05) is 83.5 Å². The molecule has 1 aromatic rings. The standard InChI is InChI=1S/C30H34N2OS/c1-19-13-14-23-21(15-19)18-34-28(23)26(32-31-22-11-9-8-10-12-22)20-16-24(29(2,3)4)27(33)25(17-20)30(5,6)7/h8-17,21H,18H2,1-7H3. The summed E-state index contributed by atoms with van der Waals surface area (Å²) in [4.78, 5) is 14.7. The number of thioether (sulfide) groups is 1. The van der Waals surface area contributed by atoms with E-state index in [1.807, 2.05) is 54.2 Å². The highest BCUT2D eigenvalue weighted by atomic mass is 32.2. The molecule has 0 radical (unpaired) electrons. The molecule has 3 aliphatic rings. The molecule has 1 unspecified atom stereocenters. The van der Waals surface area contributed by atoms with E-state index >= 15 is 0 Å². The van der Waals surface area contributed by atoms with Crippen molar-refractivity contribution in [2.24, 2.45) is 27.0 Å². The van der Waals surface area contributed by atoms with Gasteiger partial charge in [-0.3, -0.25) is 4.79 Å². The van der Waals surface area contributed by atoms with Gasteiger partial charge in [0.2, 0.25) is 0 Å². The van der Waals surface area contributed by atoms with Gasteiger partial charge in [-0.15, -0.1) is 16.9 Å². The van der Waals surface area contributed by atoms with E-state index in [2.05, 4.69) is 71.8 Å². The molecule has 0 saturated carbocycles. The minimum atomic E-state index is -0.275. The topological polar surface area (TPSA) is 41.8 Å². The van der Waals surface area contributed by atoms with Gasteiger partial charge in [0.15, 0.2) is 5.78 Å². The molecular formula is C30H34N2OS. The highest BCUT2D eigenvalue weighted by molar-refractivity contribution is 8.03. The highest BCUT2D eigenvalue weighted by Gasteiger charge is 2.36. The molecule has 4 rings (SSSR count). The minimum absolute atomic E-state index is 0.133. The van der Waals surface area contributed by atoms with E-state index < -0.39 is 0 Å². The predicted octanol–water partition coefficient (Wildman–Crippen LogP) is 8.69. The van der Waals surface area contributed by atoms with Crippen molar-refractivity contribution >= 4 is 23.2 Å². The Morgan fingerprint density at radius 3 is 2.15 bits per heavy atom. The van der Waals surface area contributed by atoms with Crippen molar-refractivity contribution < 1.29 is 4.79 Å². The Morgan fingerprint density at radius 1 is 0.941 bits per heavy atom. The van der Waals surface area contributed by atoms with Crippen molar-refractivity contribution in [3.8, 4) is 0 Å². The van der Waals surface area contributed by atoms with Crippen LogP contribution in [0.25, 0.3) is 0 Å². The van der Waals surface area contributed by atoms with E-state index in [1.165, 1.54) is 11.1 Å². The second kappa shape index (κ2) is 9.14. The first kappa shape index (κ1) is 24.4. The number of carbonyl (C=O) groups is 1. The summed E-state index contributed by atoms with van der Waals surface area (Å²) in [6.07, 6.45) is 10.8. The zero-order valence-electron chi connectivity index (χ0n) is 21.3. The molecule has 0 amide bonds. The average Bonchev–Trinajstić information content (AvgIpc) is 3.16. The third-order valence-corrected chi connectivity index (χ3v) is 7.52. The Bertz CT molecular complexity index is 1190. The van der Waals surface area contributed by atoms with Crippen LogP contribution in [0.5, 0.6) is 0 Å². The molecule has 2 aliphatic carbocycles. The number of hydrogen-bond donors (Lipinski definition) is 0. The molecular weight excluding hydrogens is 436 g/mol. The van der Waals surface area contributed by atoms with Crippen molar-refractivity contribution in [1.82, 2.24) is 0 Å². The maximum Gasteiger partial charge on any atom is 0.186 e. The van der Waals surface area contributed by atoms with Crippen LogP contribution in [-0.4, -0.2) is 11.5 Å². The number of fused-ring (bicyclic) bond motifs is 1. The molecule has 34 heavy (non-hydrogen) atoms. The van der Waals surface area contributed by atoms with Gasteiger partial charge >= 0.3 is 0 Å². The molecule has 0 spiro atoms. The van der Waals surface area contributed by atoms with Crippen LogP contribution in [0.3, 0.4) is 0 Å². The number of azo groups is 1. The quantitative estimate of drug-likeness (QED) is 0.415. The first-order valence-electron chi connectivity index (χ1n) is 11.9. The van der Waals surface area contributed by atoms with Gasteiger partial charge in [-0.25, -0.2) is 0 Å². The normalized spacial score (nSPS) is 21.0. The van der Waals surface area contributed by atoms with E-state index in [4.69, 9.17) is 5.11 Å². The molecule has 0 aromatic heterocycles. The van der Waals surface area contributed by atoms with E-state index in [1.54, 1.807) is 0 Å². The summed E-state index contributed by atoms with van der Waals surface area (Å²) >= 11 is 1.83. The molecule has 1 aliphatic heterocycles. The third kappa shape index (κ3) is 5.02. The van der Waals surface area contributed by atoms with E-state index in [0.717, 1.165) is 38.8 Å². The van der Waals surface area contributed by atoms with Gasteiger partial charge in [0, 0.05) is 33.3 Å². The number of ketones is 1. The van der Waals surface area contributed by atoms with Crippen LogP contribution in [0, 0.1) is 16.7 Å². The number of carbonyl (C=O) groups excluding carboxylic acids is 1. The number of Topliss-reactive ketones (excluding diaryl/α,β-unsaturated/α-hetero) is 1. The first-order valence-corrected chi connectivity index (χ1v) is 12.9. The highest BCUT2D eigenvalue weighted by Crippen LogP contribution is 2.47. The van der Waals surface area contributed by atoms with E-state index in [-0.39, 0.29) is 16.6 Å². The molecule has 3 nitrogen and oxygen atoms in total. The summed E-state index contributed by atoms with van der Waals surface area (Å²) in [5.74, 6) is 1.51. The summed E-state index contributed by atoms with van der Waals surface area (Å²) in [5, 5.41) is 9.45. The maximum atomic E-state index is 13.5. The third-order valence-electron chi connectivity index (χ3n) is 6.27. The Kier molecular flexibility index (Phi) is 6.56. The smallest absolute Gasteiger partial charge is 0.186 e. The van der Waals surface area contributed by atoms with Gasteiger partial charge in [-0.05, 0) is 47.6 Å². The second-order valence-electron chi connectivity index (χ2n) is 11.2. The summed E-state index contributed by atoms with van der Waals surface area (Å²) < 4.78 is 0. The Labute approximate surface area is 208 Å². The monoisotopic (exact) mass is 470 g/mol. The fraction of sp³-hybridized carbons (Fsp3) is 0.367. The van der Waals surface area contributed by atoms with Crippen molar-refractivity contribution in [3.05, 3.63) is 99.2 Å². The van der Waals surface area contributed by atoms with Gasteiger partial charge in [0.05, 0.1) is 5.69 Å². The Hall–Kier alpha value is -2.72. The fourth-order valence-corrected chi connectivity index (χ4v) is 5.67. The van der Waals surface area contributed by atoms with E-state index in [0.29, 0.717) is 5.92 Å². The number of benzene rings is 1. The van der Waals surface area contributed by atoms with Crippen LogP contribution < -0.4 is 0 Å². The second-order valence-corrected chi connectivity index (χ2v) is 12.3. The number of hydrogen-bond acceptors (Lipinski definition) is 4. The largest absolute Gasteiger partial charge is 0.289 e. The lowest BCUT2D eigenvalue weighted by Crippen LogP contribution is -2.28. The molecule has 176 valence electrons. The zero-order chi connectivity index (χ0) is 24.7. The van der Waals surface area contributed by atoms with Gasteiger partial charge in [-0.2, -0.15) is 5.11 Å². The summed E-state index contributed by atoms with van der Waals surface area (Å²) in [5.41, 5.74) is 6.30. The summed E-state index contributed by atoms with van der Waals surface area (Å²) in [6, 6.07) is 9.83. The molecule has 1 atom stereocenters. The van der Waals surface area contributed by atoms with E-state index in [9.17, 15) is 4.79 Å². The van der Waals surface area contributed by atoms with Gasteiger partial charge in [0.25, 0.3) is 0 Å². The van der Waals surface area contributed by atoms with Crippen LogP contribution in [0.2, 0.25) is 0 Å². The van der Waals surface area contributed by atoms with Crippen molar-refractivity contribution in [2.45, 2.75) is 48.5 Å². The Balaban J connectivity index is 1.97. The van der Waals surface area contributed by atoms with Crippen molar-refractivity contribution in [2.75, 3.05) is 5.75 Å². The molecule has 0 saturated heterocycles. The molecule has 0 N–H and O–H groups in total. The minimum Gasteiger partial charge on any atom is -0.289 e. The molecule has 0 bridgehead atoms. The molecule has 4 heteroatoms. The lowest BCUT2D eigenvalue weighted by molar-refractivity contribution is -0.114. The van der Waals surface area contributed by atoms with Crippen LogP contribution >= 0.6 is 11.8 Å². The molecule has 1 heterocycles. The SMILES string of the molecule is CC1=CC2CSC(C(N=Nc3ccccc3)=C3C=C(C(C)(C)C)C(=O)C(C(C)(C)C)=C3)=C2C=C1. The van der Waals surface area contributed by atoms with Crippen molar-refractivity contribution in [3.63, 3.8) is 0 Å². The molecule has 1 aromatic carbocycles. The first-order chi connectivity index (χ1) is 15.9. The van der Waals surface area contributed by atoms with Crippen LogP contribution in [0.4, 0.5) is 5.69 Å². The predicted molar refractivity (Wildman–Crippen MR) is 144 cm³/mol. The summed E-state index contributed by atoms with van der Waals surface area (Å²) in [6.45, 7) is 14.8. The molecule has 0 fully saturated rings. The zero-order valence-corrected chi connectivity index (χ0v) is 22.1. The number of allylic oxidation sites excluding steroid dienone is 10. The average molecular weight is 471 g/mol. The summed E-state index contributed by atoms with van der Waals surface area (Å²) in [7, 11) is 0. The van der Waals surface area contributed by atoms with Gasteiger partial charge in [0.1, 0.15) is 5.70 Å². The van der Waals surface area contributed by atoms with Crippen molar-refractivity contribution in [1.29, 1.82) is 0 Å². The van der Waals surface area contributed by atoms with Gasteiger partial charge < -0.3 is 0 Å². The Morgan fingerprint density at radius 2 is 1.56 bits per heavy atom.